The molecule has 0 bridgehead atoms. The molecule has 2 aromatic rings. The van der Waals surface area contributed by atoms with Gasteiger partial charge in [-0.3, -0.25) is 4.79 Å². The summed E-state index contributed by atoms with van der Waals surface area (Å²) in [6.07, 6.45) is 0.922. The minimum Gasteiger partial charge on any atom is -0.317 e. The molecule has 3 rings (SSSR count). The summed E-state index contributed by atoms with van der Waals surface area (Å²) >= 11 is 0. The van der Waals surface area contributed by atoms with Crippen LogP contribution in [0, 0.1) is 5.92 Å². The van der Waals surface area contributed by atoms with Gasteiger partial charge in [-0.2, -0.15) is 0 Å². The monoisotopic (exact) mass is 348 g/mol. The van der Waals surface area contributed by atoms with Crippen LogP contribution in [0.15, 0.2) is 71.8 Å². The van der Waals surface area contributed by atoms with Crippen molar-refractivity contribution < 1.29 is 4.79 Å². The van der Waals surface area contributed by atoms with Gasteiger partial charge in [-0.1, -0.05) is 50.2 Å². The molecule has 0 aromatic heterocycles. The van der Waals surface area contributed by atoms with Gasteiger partial charge >= 0.3 is 0 Å². The molecular weight excluding hydrogens is 320 g/mol. The zero-order valence-electron chi connectivity index (χ0n) is 16.1. The van der Waals surface area contributed by atoms with Gasteiger partial charge in [-0.05, 0) is 56.0 Å². The van der Waals surface area contributed by atoms with Gasteiger partial charge in [0.05, 0.1) is 0 Å². The second-order valence-electron chi connectivity index (χ2n) is 7.40. The zero-order chi connectivity index (χ0) is 18.7. The Balaban J connectivity index is 2.07. The molecule has 0 saturated heterocycles. The van der Waals surface area contributed by atoms with Gasteiger partial charge in [0, 0.05) is 23.5 Å². The summed E-state index contributed by atoms with van der Waals surface area (Å²) in [6.45, 7) is 9.22. The van der Waals surface area contributed by atoms with Crippen molar-refractivity contribution in [1.29, 1.82) is 0 Å². The standard InChI is InChI=1S/C23H28N2O/c1-17(2)15-16-24-22(18(3)19(4)23(24)26)25(20-11-7-5-8-12-20)21-13-9-6-10-14-21/h5-14,17,22H,15-16H2,1-4H3/t22-/m0/s1. The van der Waals surface area contributed by atoms with Crippen LogP contribution in [0.1, 0.15) is 34.1 Å². The Kier molecular flexibility index (Phi) is 5.46. The fourth-order valence-corrected chi connectivity index (χ4v) is 3.49. The summed E-state index contributed by atoms with van der Waals surface area (Å²) in [6, 6.07) is 20.7. The molecule has 0 N–H and O–H groups in total. The summed E-state index contributed by atoms with van der Waals surface area (Å²) in [5.41, 5.74) is 4.20. The van der Waals surface area contributed by atoms with Gasteiger partial charge in [0.15, 0.2) is 0 Å². The molecule has 2 aromatic carbocycles. The predicted octanol–water partition coefficient (Wildman–Crippen LogP) is 5.38. The van der Waals surface area contributed by atoms with E-state index in [1.807, 2.05) is 48.2 Å². The van der Waals surface area contributed by atoms with Gasteiger partial charge < -0.3 is 9.80 Å². The van der Waals surface area contributed by atoms with Crippen molar-refractivity contribution in [2.75, 3.05) is 11.4 Å². The summed E-state index contributed by atoms with van der Waals surface area (Å²) in [5, 5.41) is 0. The first-order valence-corrected chi connectivity index (χ1v) is 9.38. The average Bonchev–Trinajstić information content (AvgIpc) is 2.86. The quantitative estimate of drug-likeness (QED) is 0.700. The number of benzene rings is 2. The van der Waals surface area contributed by atoms with E-state index < -0.39 is 0 Å². The molecule has 1 aliphatic heterocycles. The number of hydrogen-bond donors (Lipinski definition) is 0. The number of carbonyl (C=O) groups is 1. The van der Waals surface area contributed by atoms with Crippen LogP contribution in [-0.4, -0.2) is 23.5 Å². The van der Waals surface area contributed by atoms with Crippen molar-refractivity contribution in [3.05, 3.63) is 71.8 Å². The van der Waals surface area contributed by atoms with Crippen LogP contribution in [0.4, 0.5) is 11.4 Å². The lowest BCUT2D eigenvalue weighted by atomic mass is 10.1. The van der Waals surface area contributed by atoms with Crippen molar-refractivity contribution in [3.63, 3.8) is 0 Å². The Labute approximate surface area is 156 Å². The maximum atomic E-state index is 12.9. The highest BCUT2D eigenvalue weighted by molar-refractivity contribution is 5.98. The average molecular weight is 348 g/mol. The Morgan fingerprint density at radius 2 is 1.42 bits per heavy atom. The largest absolute Gasteiger partial charge is 0.317 e. The Morgan fingerprint density at radius 3 is 1.88 bits per heavy atom. The lowest BCUT2D eigenvalue weighted by Crippen LogP contribution is -2.46. The molecular formula is C23H28N2O. The number of hydrogen-bond acceptors (Lipinski definition) is 2. The topological polar surface area (TPSA) is 23.6 Å². The maximum Gasteiger partial charge on any atom is 0.251 e. The molecule has 0 aliphatic carbocycles. The highest BCUT2D eigenvalue weighted by atomic mass is 16.2. The molecule has 1 amide bonds. The van der Waals surface area contributed by atoms with E-state index in [-0.39, 0.29) is 12.1 Å². The van der Waals surface area contributed by atoms with Gasteiger partial charge in [0.25, 0.3) is 5.91 Å². The fraction of sp³-hybridized carbons (Fsp3) is 0.348. The lowest BCUT2D eigenvalue weighted by molar-refractivity contribution is -0.127. The number of nitrogens with zero attached hydrogens (tertiary/aromatic N) is 2. The molecule has 0 unspecified atom stereocenters. The van der Waals surface area contributed by atoms with E-state index in [1.54, 1.807) is 0 Å². The summed E-state index contributed by atoms with van der Waals surface area (Å²) in [4.78, 5) is 17.3. The highest BCUT2D eigenvalue weighted by Gasteiger charge is 2.39. The van der Waals surface area contributed by atoms with Gasteiger partial charge in [0.1, 0.15) is 6.17 Å². The van der Waals surface area contributed by atoms with E-state index in [1.165, 1.54) is 0 Å². The first-order chi connectivity index (χ1) is 12.5. The molecule has 0 spiro atoms. The van der Waals surface area contributed by atoms with Crippen molar-refractivity contribution >= 4 is 17.3 Å². The lowest BCUT2D eigenvalue weighted by Gasteiger charge is -2.38. The Morgan fingerprint density at radius 1 is 0.923 bits per heavy atom. The molecule has 0 radical (unpaired) electrons. The van der Waals surface area contributed by atoms with E-state index in [0.717, 1.165) is 35.5 Å². The smallest absolute Gasteiger partial charge is 0.251 e. The van der Waals surface area contributed by atoms with Crippen molar-refractivity contribution in [2.24, 2.45) is 5.92 Å². The van der Waals surface area contributed by atoms with E-state index in [0.29, 0.717) is 5.92 Å². The zero-order valence-corrected chi connectivity index (χ0v) is 16.1. The van der Waals surface area contributed by atoms with Crippen molar-refractivity contribution in [3.8, 4) is 0 Å². The summed E-state index contributed by atoms with van der Waals surface area (Å²) < 4.78 is 0. The SMILES string of the molecule is CC1=C(C)[C@H](N(c2ccccc2)c2ccccc2)N(CCC(C)C)C1=O. The second-order valence-corrected chi connectivity index (χ2v) is 7.40. The van der Waals surface area contributed by atoms with Crippen molar-refractivity contribution in [2.45, 2.75) is 40.3 Å². The number of anilines is 2. The number of rotatable bonds is 6. The molecule has 3 heteroatoms. The van der Waals surface area contributed by atoms with Crippen molar-refractivity contribution in [1.82, 2.24) is 4.90 Å². The summed E-state index contributed by atoms with van der Waals surface area (Å²) in [7, 11) is 0. The van der Waals surface area contributed by atoms with Gasteiger partial charge in [-0.15, -0.1) is 0 Å². The minimum atomic E-state index is -0.0777. The third kappa shape index (κ3) is 3.52. The molecule has 1 heterocycles. The second kappa shape index (κ2) is 7.77. The minimum absolute atomic E-state index is 0.0777. The number of carbonyl (C=O) groups excluding carboxylic acids is 1. The number of para-hydroxylation sites is 2. The molecule has 1 atom stereocenters. The normalized spacial score (nSPS) is 17.3. The van der Waals surface area contributed by atoms with Crippen LogP contribution in [0.25, 0.3) is 0 Å². The van der Waals surface area contributed by atoms with Gasteiger partial charge in [0.2, 0.25) is 0 Å². The molecule has 136 valence electrons. The number of amides is 1. The van der Waals surface area contributed by atoms with Crippen LogP contribution in [0.3, 0.4) is 0 Å². The Bertz CT molecular complexity index is 741. The first-order valence-electron chi connectivity index (χ1n) is 9.38. The van der Waals surface area contributed by atoms with Crippen LogP contribution < -0.4 is 4.90 Å². The summed E-state index contributed by atoms with van der Waals surface area (Å²) in [5.74, 6) is 0.719. The third-order valence-electron chi connectivity index (χ3n) is 5.12. The van der Waals surface area contributed by atoms with E-state index in [2.05, 4.69) is 49.9 Å². The molecule has 26 heavy (non-hydrogen) atoms. The van der Waals surface area contributed by atoms with Gasteiger partial charge in [-0.25, -0.2) is 0 Å². The van der Waals surface area contributed by atoms with Crippen LogP contribution in [0.5, 0.6) is 0 Å². The van der Waals surface area contributed by atoms with Crippen LogP contribution in [0.2, 0.25) is 0 Å². The molecule has 1 aliphatic rings. The van der Waals surface area contributed by atoms with Crippen LogP contribution >= 0.6 is 0 Å². The third-order valence-corrected chi connectivity index (χ3v) is 5.12. The molecule has 3 nitrogen and oxygen atoms in total. The first kappa shape index (κ1) is 18.2. The van der Waals surface area contributed by atoms with Crippen LogP contribution in [-0.2, 0) is 4.79 Å². The van der Waals surface area contributed by atoms with E-state index >= 15 is 0 Å². The molecule has 0 fully saturated rings. The fourth-order valence-electron chi connectivity index (χ4n) is 3.49. The maximum absolute atomic E-state index is 12.9. The van der Waals surface area contributed by atoms with E-state index in [4.69, 9.17) is 0 Å². The van der Waals surface area contributed by atoms with E-state index in [9.17, 15) is 4.79 Å². The highest BCUT2D eigenvalue weighted by Crippen LogP contribution is 2.37. The predicted molar refractivity (Wildman–Crippen MR) is 108 cm³/mol. The molecule has 0 saturated carbocycles. The Hall–Kier alpha value is -2.55.